The number of nitriles is 1. The Labute approximate surface area is 207 Å². The van der Waals surface area contributed by atoms with E-state index in [9.17, 15) is 23.2 Å². The van der Waals surface area contributed by atoms with Gasteiger partial charge in [-0.05, 0) is 41.0 Å². The molecule has 7 heteroatoms. The maximum absolute atomic E-state index is 13.6. The zero-order valence-corrected chi connectivity index (χ0v) is 19.9. The van der Waals surface area contributed by atoms with Crippen molar-refractivity contribution in [3.05, 3.63) is 121 Å². The van der Waals surface area contributed by atoms with Gasteiger partial charge in [0.15, 0.2) is 6.61 Å². The van der Waals surface area contributed by atoms with Crippen LogP contribution < -0.4 is 20.7 Å². The molecule has 0 saturated heterocycles. The van der Waals surface area contributed by atoms with Crippen LogP contribution in [0.1, 0.15) is 5.56 Å². The molecular formula is C29H21F3NO2P. The molecule has 0 heterocycles. The minimum absolute atomic E-state index is 0.0121. The molecule has 0 bridgehead atoms. The first kappa shape index (κ1) is 25.0. The Kier molecular flexibility index (Phi) is 7.43. The molecule has 0 amide bonds. The highest BCUT2D eigenvalue weighted by atomic mass is 31.2. The van der Waals surface area contributed by atoms with Gasteiger partial charge in [-0.1, -0.05) is 97.1 Å². The van der Waals surface area contributed by atoms with Crippen molar-refractivity contribution < 1.29 is 22.7 Å². The maximum atomic E-state index is 13.6. The van der Waals surface area contributed by atoms with Gasteiger partial charge in [-0.2, -0.15) is 18.4 Å². The summed E-state index contributed by atoms with van der Waals surface area (Å²) >= 11 is 0. The predicted octanol–water partition coefficient (Wildman–Crippen LogP) is 5.34. The number of carbonyl (C=O) groups excluding carboxylic acids is 1. The summed E-state index contributed by atoms with van der Waals surface area (Å²) in [7, 11) is 0. The fraction of sp³-hybridized carbons (Fsp3) is 0.0690. The number of halogens is 3. The maximum Gasteiger partial charge on any atom is 0.416 e. The first-order valence-electron chi connectivity index (χ1n) is 11.0. The van der Waals surface area contributed by atoms with Crippen molar-refractivity contribution in [3.8, 4) is 11.8 Å². The van der Waals surface area contributed by atoms with Crippen LogP contribution in [0.3, 0.4) is 0 Å². The summed E-state index contributed by atoms with van der Waals surface area (Å²) in [6.07, 6.45) is -4.54. The number of hydrogen-bond donors (Lipinski definition) is 0. The zero-order valence-electron chi connectivity index (χ0n) is 19.0. The van der Waals surface area contributed by atoms with E-state index in [1.54, 1.807) is 0 Å². The Morgan fingerprint density at radius 1 is 0.750 bits per heavy atom. The molecule has 0 aromatic heterocycles. The van der Waals surface area contributed by atoms with E-state index in [0.717, 1.165) is 28.0 Å². The van der Waals surface area contributed by atoms with Crippen molar-refractivity contribution in [1.29, 1.82) is 5.26 Å². The summed E-state index contributed by atoms with van der Waals surface area (Å²) in [4.78, 5) is 13.6. The van der Waals surface area contributed by atoms with Gasteiger partial charge < -0.3 is 4.74 Å². The monoisotopic (exact) mass is 503 g/mol. The topological polar surface area (TPSA) is 50.1 Å². The van der Waals surface area contributed by atoms with E-state index in [-0.39, 0.29) is 11.0 Å². The van der Waals surface area contributed by atoms with E-state index in [0.29, 0.717) is 0 Å². The molecule has 4 aromatic rings. The smallest absolute Gasteiger partial charge is 0.416 e. The first-order chi connectivity index (χ1) is 17.4. The van der Waals surface area contributed by atoms with Crippen molar-refractivity contribution in [2.45, 2.75) is 6.18 Å². The molecule has 0 spiro atoms. The molecule has 0 unspecified atom stereocenters. The minimum atomic E-state index is -4.54. The molecule has 36 heavy (non-hydrogen) atoms. The Morgan fingerprint density at radius 3 is 1.64 bits per heavy atom. The Balaban J connectivity index is 1.90. The van der Waals surface area contributed by atoms with Crippen LogP contribution in [0.5, 0.6) is 5.75 Å². The zero-order chi connectivity index (χ0) is 25.6. The summed E-state index contributed by atoms with van der Waals surface area (Å²) in [5, 5.41) is 12.8. The number of nitrogens with zero attached hydrogens (tertiary/aromatic N) is 1. The molecule has 4 rings (SSSR count). The number of alkyl halides is 3. The molecule has 3 nitrogen and oxygen atoms in total. The van der Waals surface area contributed by atoms with Gasteiger partial charge in [-0.25, -0.2) is 0 Å². The molecule has 0 fully saturated rings. The van der Waals surface area contributed by atoms with Crippen LogP contribution in [-0.2, 0) is 11.0 Å². The van der Waals surface area contributed by atoms with Crippen LogP contribution in [0.4, 0.5) is 13.2 Å². The van der Waals surface area contributed by atoms with Gasteiger partial charge in [0.2, 0.25) is 5.78 Å². The van der Waals surface area contributed by atoms with Crippen LogP contribution in [-0.4, -0.2) is 17.7 Å². The van der Waals surface area contributed by atoms with Crippen LogP contribution in [0.2, 0.25) is 0 Å². The molecule has 0 radical (unpaired) electrons. The normalized spacial score (nSPS) is 11.4. The molecule has 0 aliphatic heterocycles. The molecule has 0 aliphatic carbocycles. The lowest BCUT2D eigenvalue weighted by atomic mass is 10.2. The number of ether oxygens (including phenoxy) is 1. The Hall–Kier alpha value is -4.07. The SMILES string of the molecule is N#CC(C(=O)COc1cccc(C(F)(F)F)c1)=P(c1ccccc1)(c1ccccc1)c1ccccc1. The summed E-state index contributed by atoms with van der Waals surface area (Å²) < 4.78 is 44.8. The molecule has 0 N–H and O–H groups in total. The van der Waals surface area contributed by atoms with Gasteiger partial charge in [0.25, 0.3) is 0 Å². The van der Waals surface area contributed by atoms with E-state index >= 15 is 0 Å². The fourth-order valence-electron chi connectivity index (χ4n) is 4.09. The lowest BCUT2D eigenvalue weighted by Gasteiger charge is -2.30. The molecule has 4 aromatic carbocycles. The minimum Gasteiger partial charge on any atom is -0.485 e. The van der Waals surface area contributed by atoms with Gasteiger partial charge in [0.1, 0.15) is 17.1 Å². The summed E-state index contributed by atoms with van der Waals surface area (Å²) in [6, 6.07) is 34.6. The number of rotatable bonds is 7. The third-order valence-electron chi connectivity index (χ3n) is 5.67. The van der Waals surface area contributed by atoms with Gasteiger partial charge in [0.05, 0.1) is 5.56 Å². The molecule has 0 aliphatic rings. The lowest BCUT2D eigenvalue weighted by Crippen LogP contribution is -2.34. The highest BCUT2D eigenvalue weighted by Gasteiger charge is 2.34. The van der Waals surface area contributed by atoms with Crippen molar-refractivity contribution in [3.63, 3.8) is 0 Å². The van der Waals surface area contributed by atoms with Crippen molar-refractivity contribution in [2.24, 2.45) is 0 Å². The third-order valence-corrected chi connectivity index (χ3v) is 9.91. The quantitative estimate of drug-likeness (QED) is 0.320. The van der Waals surface area contributed by atoms with Gasteiger partial charge in [-0.3, -0.25) is 4.79 Å². The third kappa shape index (κ3) is 4.98. The number of benzene rings is 4. The van der Waals surface area contributed by atoms with Crippen LogP contribution in [0, 0.1) is 11.3 Å². The van der Waals surface area contributed by atoms with Crippen LogP contribution in [0.15, 0.2) is 115 Å². The molecule has 180 valence electrons. The van der Waals surface area contributed by atoms with Crippen LogP contribution in [0.25, 0.3) is 0 Å². The standard InChI is InChI=1S/C29H21F3NO2P/c30-29(31,32)22-11-10-12-23(19-22)35-21-27(34)28(20-33)36(24-13-4-1-5-14-24,25-15-6-2-7-16-25)26-17-8-3-9-18-26/h1-19H,21H2. The number of carbonyl (C=O) groups is 1. The lowest BCUT2D eigenvalue weighted by molar-refractivity contribution is -0.137. The van der Waals surface area contributed by atoms with Crippen molar-refractivity contribution in [1.82, 2.24) is 0 Å². The van der Waals surface area contributed by atoms with Gasteiger partial charge >= 0.3 is 6.18 Å². The van der Waals surface area contributed by atoms with Gasteiger partial charge in [-0.15, -0.1) is 0 Å². The van der Waals surface area contributed by atoms with E-state index in [4.69, 9.17) is 4.74 Å². The molecule has 0 saturated carbocycles. The van der Waals surface area contributed by atoms with E-state index in [1.807, 2.05) is 91.0 Å². The van der Waals surface area contributed by atoms with Crippen molar-refractivity contribution >= 4 is 33.9 Å². The van der Waals surface area contributed by atoms with E-state index < -0.39 is 31.0 Å². The van der Waals surface area contributed by atoms with Crippen molar-refractivity contribution in [2.75, 3.05) is 6.61 Å². The summed E-state index contributed by atoms with van der Waals surface area (Å²) in [6.45, 7) is -3.50. The van der Waals surface area contributed by atoms with Crippen LogP contribution >= 0.6 is 6.89 Å². The second kappa shape index (κ2) is 10.7. The second-order valence-corrected chi connectivity index (χ2v) is 11.2. The van der Waals surface area contributed by atoms with E-state index in [1.165, 1.54) is 12.1 Å². The van der Waals surface area contributed by atoms with Gasteiger partial charge in [0, 0.05) is 0 Å². The van der Waals surface area contributed by atoms with E-state index in [2.05, 4.69) is 6.07 Å². The second-order valence-electron chi connectivity index (χ2n) is 7.88. The average Bonchev–Trinajstić information content (AvgIpc) is 2.91. The number of hydrogen-bond acceptors (Lipinski definition) is 3. The summed E-state index contributed by atoms with van der Waals surface area (Å²) in [5.74, 6) is -0.682. The Morgan fingerprint density at radius 2 is 1.22 bits per heavy atom. The largest absolute Gasteiger partial charge is 0.485 e. The Bertz CT molecular complexity index is 1340. The fourth-order valence-corrected chi connectivity index (χ4v) is 8.21. The molecular weight excluding hydrogens is 482 g/mol. The average molecular weight is 503 g/mol. The molecule has 0 atom stereocenters. The highest BCUT2D eigenvalue weighted by molar-refractivity contribution is 7.96. The number of Topliss-reactive ketones (excluding diaryl/α,β-unsaturated/α-hetero) is 1. The number of ketones is 1. The summed E-state index contributed by atoms with van der Waals surface area (Å²) in [5.41, 5.74) is -0.878. The highest BCUT2D eigenvalue weighted by Crippen LogP contribution is 2.46. The first-order valence-corrected chi connectivity index (χ1v) is 12.8. The predicted molar refractivity (Wildman–Crippen MR) is 138 cm³/mol.